The molecule has 1 amide bonds. The molecule has 3 aromatic rings. The molecule has 178 valence electrons. The van der Waals surface area contributed by atoms with E-state index in [4.69, 9.17) is 20.7 Å². The van der Waals surface area contributed by atoms with E-state index in [1.54, 1.807) is 23.3 Å². The number of pyridine rings is 1. The van der Waals surface area contributed by atoms with Gasteiger partial charge >= 0.3 is 0 Å². The van der Waals surface area contributed by atoms with Crippen LogP contribution >= 0.6 is 0 Å². The van der Waals surface area contributed by atoms with Gasteiger partial charge in [-0.2, -0.15) is 4.98 Å². The average Bonchev–Trinajstić information content (AvgIpc) is 3.24. The number of rotatable bonds is 6. The predicted molar refractivity (Wildman–Crippen MR) is 128 cm³/mol. The Morgan fingerprint density at radius 1 is 1.09 bits per heavy atom. The number of fused-ring (bicyclic) bond motifs is 1. The van der Waals surface area contributed by atoms with Crippen molar-refractivity contribution in [2.24, 2.45) is 17.5 Å². The number of aromatic nitrogens is 2. The van der Waals surface area contributed by atoms with Gasteiger partial charge in [0.1, 0.15) is 0 Å². The molecule has 1 aromatic carbocycles. The molecule has 2 aliphatic rings. The molecular weight excluding hydrogens is 434 g/mol. The van der Waals surface area contributed by atoms with E-state index in [-0.39, 0.29) is 5.91 Å². The highest BCUT2D eigenvalue weighted by atomic mass is 16.5. The summed E-state index contributed by atoms with van der Waals surface area (Å²) in [6.45, 7) is 6.54. The van der Waals surface area contributed by atoms with E-state index in [1.807, 2.05) is 41.0 Å². The zero-order valence-electron chi connectivity index (χ0n) is 19.2. The van der Waals surface area contributed by atoms with Gasteiger partial charge in [-0.25, -0.2) is 10.8 Å². The summed E-state index contributed by atoms with van der Waals surface area (Å²) in [7, 11) is 0. The fourth-order valence-electron chi connectivity index (χ4n) is 4.12. The first-order valence-corrected chi connectivity index (χ1v) is 11.4. The van der Waals surface area contributed by atoms with Crippen LogP contribution in [0, 0.1) is 12.8 Å². The third kappa shape index (κ3) is 4.68. The number of carbonyl (C=O) groups is 1. The summed E-state index contributed by atoms with van der Waals surface area (Å²) in [5, 5.41) is 1.59. The third-order valence-electron chi connectivity index (χ3n) is 6.16. The number of nitrogens with two attached hydrogens (primary N) is 2. The quantitative estimate of drug-likeness (QED) is 0.414. The first kappa shape index (κ1) is 22.2. The van der Waals surface area contributed by atoms with E-state index in [9.17, 15) is 4.79 Å². The van der Waals surface area contributed by atoms with Crippen molar-refractivity contribution in [1.82, 2.24) is 19.9 Å². The lowest BCUT2D eigenvalue weighted by Crippen LogP contribution is -2.48. The van der Waals surface area contributed by atoms with Crippen molar-refractivity contribution in [1.29, 1.82) is 0 Å². The van der Waals surface area contributed by atoms with Crippen LogP contribution in [0.2, 0.25) is 0 Å². The maximum Gasteiger partial charge on any atom is 0.300 e. The highest BCUT2D eigenvalue weighted by molar-refractivity contribution is 5.94. The van der Waals surface area contributed by atoms with Crippen molar-refractivity contribution < 1.29 is 13.9 Å². The van der Waals surface area contributed by atoms with Gasteiger partial charge in [-0.1, -0.05) is 12.1 Å². The molecule has 0 unspecified atom stereocenters. The maximum atomic E-state index is 13.0. The smallest absolute Gasteiger partial charge is 0.300 e. The summed E-state index contributed by atoms with van der Waals surface area (Å²) >= 11 is 0. The first-order valence-electron chi connectivity index (χ1n) is 11.4. The fourth-order valence-corrected chi connectivity index (χ4v) is 4.12. The van der Waals surface area contributed by atoms with Crippen LogP contribution in [0.4, 0.5) is 6.01 Å². The van der Waals surface area contributed by atoms with Gasteiger partial charge in [0.2, 0.25) is 5.65 Å². The van der Waals surface area contributed by atoms with Gasteiger partial charge in [0.25, 0.3) is 11.9 Å². The average molecular weight is 464 g/mol. The maximum absolute atomic E-state index is 13.0. The van der Waals surface area contributed by atoms with Gasteiger partial charge in [0, 0.05) is 56.1 Å². The van der Waals surface area contributed by atoms with Crippen molar-refractivity contribution in [3.63, 3.8) is 0 Å². The minimum Gasteiger partial charge on any atom is -0.422 e. The molecule has 5 rings (SSSR count). The lowest BCUT2D eigenvalue weighted by atomic mass is 10.1. The van der Waals surface area contributed by atoms with E-state index in [2.05, 4.69) is 9.97 Å². The van der Waals surface area contributed by atoms with E-state index in [0.29, 0.717) is 67.1 Å². The molecule has 0 spiro atoms. The molecule has 4 N–H and O–H groups in total. The van der Waals surface area contributed by atoms with Crippen molar-refractivity contribution in [3.8, 4) is 0 Å². The molecule has 0 aliphatic carbocycles. The van der Waals surface area contributed by atoms with Gasteiger partial charge in [-0.15, -0.1) is 0 Å². The zero-order chi connectivity index (χ0) is 23.7. The van der Waals surface area contributed by atoms with Crippen LogP contribution < -0.4 is 16.5 Å². The van der Waals surface area contributed by atoms with Crippen LogP contribution in [-0.2, 0) is 4.74 Å². The van der Waals surface area contributed by atoms with Crippen LogP contribution in [0.5, 0.6) is 0 Å². The Kier molecular flexibility index (Phi) is 6.08. The number of hydrogen-bond donors (Lipinski definition) is 2. The first-order chi connectivity index (χ1) is 16.5. The van der Waals surface area contributed by atoms with Crippen LogP contribution in [-0.4, -0.2) is 71.7 Å². The number of aryl methyl sites for hydroxylation is 1. The number of carbonyl (C=O) groups excluding carboxylic acids is 1. The van der Waals surface area contributed by atoms with Crippen LogP contribution in [0.1, 0.15) is 21.6 Å². The van der Waals surface area contributed by atoms with Gasteiger partial charge in [-0.3, -0.25) is 4.79 Å². The Bertz CT molecular complexity index is 1200. The summed E-state index contributed by atoms with van der Waals surface area (Å²) in [6.07, 6.45) is 1.72. The molecule has 4 heterocycles. The Morgan fingerprint density at radius 2 is 1.79 bits per heavy atom. The summed E-state index contributed by atoms with van der Waals surface area (Å²) in [5.41, 5.74) is 10.4. The monoisotopic (exact) mass is 463 g/mol. The lowest BCUT2D eigenvalue weighted by molar-refractivity contribution is -0.0416. The van der Waals surface area contributed by atoms with E-state index < -0.39 is 0 Å². The number of oxazole rings is 1. The highest BCUT2D eigenvalue weighted by Crippen LogP contribution is 2.22. The number of piperazine rings is 1. The van der Waals surface area contributed by atoms with Crippen molar-refractivity contribution in [2.45, 2.75) is 6.92 Å². The van der Waals surface area contributed by atoms with E-state index >= 15 is 0 Å². The van der Waals surface area contributed by atoms with Gasteiger partial charge in [0.15, 0.2) is 5.58 Å². The summed E-state index contributed by atoms with van der Waals surface area (Å²) < 4.78 is 11.0. The van der Waals surface area contributed by atoms with E-state index in [1.165, 1.54) is 0 Å². The Morgan fingerprint density at radius 3 is 2.47 bits per heavy atom. The van der Waals surface area contributed by atoms with Gasteiger partial charge in [-0.05, 0) is 36.8 Å². The molecule has 0 atom stereocenters. The summed E-state index contributed by atoms with van der Waals surface area (Å²) in [6, 6.07) is 11.6. The Hall–Kier alpha value is -3.63. The number of benzene rings is 1. The van der Waals surface area contributed by atoms with Gasteiger partial charge in [0.05, 0.1) is 18.9 Å². The topological polar surface area (TPSA) is 127 Å². The molecule has 2 aliphatic heterocycles. The Balaban J connectivity index is 1.18. The van der Waals surface area contributed by atoms with Crippen LogP contribution in [0.25, 0.3) is 16.9 Å². The lowest BCUT2D eigenvalue weighted by Gasteiger charge is -2.33. The highest BCUT2D eigenvalue weighted by Gasteiger charge is 2.25. The third-order valence-corrected chi connectivity index (χ3v) is 6.16. The molecule has 0 bridgehead atoms. The van der Waals surface area contributed by atoms with Crippen molar-refractivity contribution >= 4 is 28.8 Å². The Labute approximate surface area is 197 Å². The molecule has 10 heteroatoms. The van der Waals surface area contributed by atoms with Gasteiger partial charge < -0.3 is 29.7 Å². The molecule has 0 radical (unpaired) electrons. The minimum atomic E-state index is -0.00552. The number of ether oxygens (including phenoxy) is 1. The summed E-state index contributed by atoms with van der Waals surface area (Å²) in [5.74, 6) is 6.46. The predicted octanol–water partition coefficient (Wildman–Crippen LogP) is 1.57. The number of amides is 1. The largest absolute Gasteiger partial charge is 0.422 e. The van der Waals surface area contributed by atoms with E-state index in [0.717, 1.165) is 24.5 Å². The minimum absolute atomic E-state index is 0.00552. The molecule has 0 saturated carbocycles. The molecule has 34 heavy (non-hydrogen) atoms. The summed E-state index contributed by atoms with van der Waals surface area (Å²) in [4.78, 5) is 25.8. The molecular formula is C24H29N7O3. The standard InChI is InChI=1S/C24H29N7O3/c1-16-2-7-21-22(27-16)28-24(34-21)30-10-8-29(9-11-30)23(32)19-5-3-18(4-6-19)20(25)13-31(26)12-17-14-33-15-17/h2-7,13,17H,8-12,14-15,25-26H2,1H3/b20-13-. The molecule has 2 aromatic heterocycles. The van der Waals surface area contributed by atoms with Crippen LogP contribution in [0.3, 0.4) is 0 Å². The molecule has 10 nitrogen and oxygen atoms in total. The zero-order valence-corrected chi connectivity index (χ0v) is 19.2. The second kappa shape index (κ2) is 9.32. The second-order valence-corrected chi connectivity index (χ2v) is 8.81. The molecule has 2 fully saturated rings. The SMILES string of the molecule is Cc1ccc2oc(N3CCN(C(=O)c4ccc(/C(N)=C/N(N)CC5COC5)cc4)CC3)nc2n1. The number of anilines is 1. The fraction of sp³-hybridized carbons (Fsp3) is 0.375. The number of hydrazine groups is 1. The number of hydrogen-bond acceptors (Lipinski definition) is 9. The molecule has 2 saturated heterocycles. The van der Waals surface area contributed by atoms with Crippen molar-refractivity contribution in [2.75, 3.05) is 50.8 Å². The van der Waals surface area contributed by atoms with Crippen LogP contribution in [0.15, 0.2) is 47.0 Å². The number of nitrogens with zero attached hydrogens (tertiary/aromatic N) is 5. The van der Waals surface area contributed by atoms with Crippen molar-refractivity contribution in [3.05, 3.63) is 59.4 Å². The second-order valence-electron chi connectivity index (χ2n) is 8.81. The normalized spacial score (nSPS) is 17.2.